The molecule has 1 rings (SSSR count). The molecule has 0 aromatic carbocycles. The minimum atomic E-state index is -0.547. The van der Waals surface area contributed by atoms with E-state index in [9.17, 15) is 9.59 Å². The third-order valence-corrected chi connectivity index (χ3v) is 1.67. The van der Waals surface area contributed by atoms with E-state index in [1.165, 1.54) is 12.2 Å². The highest BCUT2D eigenvalue weighted by molar-refractivity contribution is 5.85. The van der Waals surface area contributed by atoms with Crippen molar-refractivity contribution in [2.75, 3.05) is 6.61 Å². The van der Waals surface area contributed by atoms with Crippen LogP contribution in [0.3, 0.4) is 0 Å². The minimum Gasteiger partial charge on any atom is -0.463 e. The summed E-state index contributed by atoms with van der Waals surface area (Å²) in [5.41, 5.74) is 0. The molecule has 5 heteroatoms. The van der Waals surface area contributed by atoms with Gasteiger partial charge in [-0.2, -0.15) is 0 Å². The molecule has 5 nitrogen and oxygen atoms in total. The fourth-order valence-electron chi connectivity index (χ4n) is 1.10. The van der Waals surface area contributed by atoms with Crippen LogP contribution in [-0.2, 0) is 19.1 Å². The van der Waals surface area contributed by atoms with Crippen molar-refractivity contribution in [1.29, 1.82) is 0 Å². The number of rotatable bonds is 3. The molecule has 0 aliphatic carbocycles. The number of ether oxygens (including phenoxy) is 2. The quantitative estimate of drug-likeness (QED) is 0.510. The van der Waals surface area contributed by atoms with Crippen molar-refractivity contribution in [3.8, 4) is 0 Å². The zero-order valence-corrected chi connectivity index (χ0v) is 8.15. The van der Waals surface area contributed by atoms with Gasteiger partial charge in [-0.3, -0.25) is 5.32 Å². The van der Waals surface area contributed by atoms with Crippen LogP contribution in [0, 0.1) is 0 Å². The van der Waals surface area contributed by atoms with E-state index in [1.807, 2.05) is 0 Å². The van der Waals surface area contributed by atoms with Gasteiger partial charge >= 0.3 is 11.9 Å². The van der Waals surface area contributed by atoms with Crippen molar-refractivity contribution in [3.05, 3.63) is 12.2 Å². The lowest BCUT2D eigenvalue weighted by Gasteiger charge is -1.99. The Morgan fingerprint density at radius 2 is 2.43 bits per heavy atom. The van der Waals surface area contributed by atoms with Gasteiger partial charge in [-0.05, 0) is 19.9 Å². The first kappa shape index (κ1) is 10.7. The van der Waals surface area contributed by atoms with Crippen LogP contribution in [0.25, 0.3) is 0 Å². The van der Waals surface area contributed by atoms with E-state index < -0.39 is 12.0 Å². The van der Waals surface area contributed by atoms with Gasteiger partial charge in [0, 0.05) is 6.08 Å². The molecule has 1 aliphatic rings. The molecule has 0 spiro atoms. The van der Waals surface area contributed by atoms with Crippen molar-refractivity contribution in [1.82, 2.24) is 5.32 Å². The van der Waals surface area contributed by atoms with Crippen LogP contribution in [-0.4, -0.2) is 30.8 Å². The molecule has 0 unspecified atom stereocenters. The second kappa shape index (κ2) is 4.76. The van der Waals surface area contributed by atoms with E-state index in [0.717, 1.165) is 0 Å². The molecule has 0 aromatic rings. The summed E-state index contributed by atoms with van der Waals surface area (Å²) in [4.78, 5) is 22.0. The maximum atomic E-state index is 11.1. The molecule has 0 aromatic heterocycles. The van der Waals surface area contributed by atoms with Crippen LogP contribution >= 0.6 is 0 Å². The normalized spacial score (nSPS) is 26.6. The predicted octanol–water partition coefficient (Wildman–Crippen LogP) is -0.0333. The number of hydrogen-bond donors (Lipinski definition) is 1. The smallest absolute Gasteiger partial charge is 0.330 e. The first-order chi connectivity index (χ1) is 6.63. The van der Waals surface area contributed by atoms with Gasteiger partial charge in [0.15, 0.2) is 6.23 Å². The number of cyclic esters (lactones) is 1. The monoisotopic (exact) mass is 199 g/mol. The van der Waals surface area contributed by atoms with E-state index in [1.54, 1.807) is 13.8 Å². The third-order valence-electron chi connectivity index (χ3n) is 1.67. The van der Waals surface area contributed by atoms with Crippen molar-refractivity contribution >= 4 is 11.9 Å². The van der Waals surface area contributed by atoms with E-state index in [4.69, 9.17) is 4.74 Å². The van der Waals surface area contributed by atoms with Crippen LogP contribution in [0.2, 0.25) is 0 Å². The van der Waals surface area contributed by atoms with Gasteiger partial charge in [-0.15, -0.1) is 0 Å². The molecule has 1 heterocycles. The Hall–Kier alpha value is -1.36. The zero-order chi connectivity index (χ0) is 10.6. The second-order valence-electron chi connectivity index (χ2n) is 2.83. The molecule has 0 bridgehead atoms. The van der Waals surface area contributed by atoms with Crippen LogP contribution in [0.1, 0.15) is 13.8 Å². The summed E-state index contributed by atoms with van der Waals surface area (Å²) in [5.74, 6) is -0.834. The fraction of sp³-hybridized carbons (Fsp3) is 0.556. The van der Waals surface area contributed by atoms with Crippen molar-refractivity contribution in [2.24, 2.45) is 0 Å². The average Bonchev–Trinajstić information content (AvgIpc) is 2.42. The Morgan fingerprint density at radius 3 is 2.93 bits per heavy atom. The zero-order valence-electron chi connectivity index (χ0n) is 8.15. The largest absolute Gasteiger partial charge is 0.463 e. The SMILES string of the molecule is CCOC(=O)/C=C/[C@@H]1N[C@@H](C)OC1=O. The third kappa shape index (κ3) is 2.85. The Morgan fingerprint density at radius 1 is 1.71 bits per heavy atom. The number of hydrogen-bond acceptors (Lipinski definition) is 5. The number of carbonyl (C=O) groups excluding carboxylic acids is 2. The van der Waals surface area contributed by atoms with Gasteiger partial charge in [0.1, 0.15) is 6.04 Å². The number of esters is 2. The molecule has 14 heavy (non-hydrogen) atoms. The highest BCUT2D eigenvalue weighted by Gasteiger charge is 2.28. The van der Waals surface area contributed by atoms with Crippen molar-refractivity contribution in [3.63, 3.8) is 0 Å². The van der Waals surface area contributed by atoms with Gasteiger partial charge in [0.25, 0.3) is 0 Å². The fourth-order valence-corrected chi connectivity index (χ4v) is 1.10. The lowest BCUT2D eigenvalue weighted by atomic mass is 10.3. The highest BCUT2D eigenvalue weighted by atomic mass is 16.6. The van der Waals surface area contributed by atoms with Crippen LogP contribution in [0.15, 0.2) is 12.2 Å². The molecule has 1 saturated heterocycles. The van der Waals surface area contributed by atoms with Crippen LogP contribution in [0.4, 0.5) is 0 Å². The molecule has 78 valence electrons. The van der Waals surface area contributed by atoms with Gasteiger partial charge in [-0.25, -0.2) is 9.59 Å². The molecule has 0 amide bonds. The summed E-state index contributed by atoms with van der Waals surface area (Å²) in [6, 6.07) is -0.547. The lowest BCUT2D eigenvalue weighted by Crippen LogP contribution is -2.28. The lowest BCUT2D eigenvalue weighted by molar-refractivity contribution is -0.141. The van der Waals surface area contributed by atoms with E-state index in [2.05, 4.69) is 10.1 Å². The number of carbonyl (C=O) groups is 2. The molecule has 1 aliphatic heterocycles. The molecule has 2 atom stereocenters. The summed E-state index contributed by atoms with van der Waals surface area (Å²) < 4.78 is 9.47. The Kier molecular flexibility index (Phi) is 3.64. The van der Waals surface area contributed by atoms with Gasteiger partial charge < -0.3 is 9.47 Å². The predicted molar refractivity (Wildman–Crippen MR) is 48.3 cm³/mol. The van der Waals surface area contributed by atoms with Crippen LogP contribution < -0.4 is 5.32 Å². The summed E-state index contributed by atoms with van der Waals surface area (Å²) >= 11 is 0. The second-order valence-corrected chi connectivity index (χ2v) is 2.83. The Labute approximate surface area is 82.1 Å². The number of nitrogens with one attached hydrogen (secondary N) is 1. The van der Waals surface area contributed by atoms with E-state index >= 15 is 0 Å². The van der Waals surface area contributed by atoms with E-state index in [0.29, 0.717) is 6.61 Å². The topological polar surface area (TPSA) is 64.6 Å². The average molecular weight is 199 g/mol. The van der Waals surface area contributed by atoms with E-state index in [-0.39, 0.29) is 12.2 Å². The van der Waals surface area contributed by atoms with Gasteiger partial charge in [-0.1, -0.05) is 0 Å². The van der Waals surface area contributed by atoms with Crippen molar-refractivity contribution in [2.45, 2.75) is 26.1 Å². The molecule has 1 N–H and O–H groups in total. The summed E-state index contributed by atoms with van der Waals surface area (Å²) in [6.45, 7) is 3.76. The molecule has 0 radical (unpaired) electrons. The van der Waals surface area contributed by atoms with Gasteiger partial charge in [0.2, 0.25) is 0 Å². The maximum absolute atomic E-state index is 11.1. The first-order valence-corrected chi connectivity index (χ1v) is 4.45. The maximum Gasteiger partial charge on any atom is 0.330 e. The van der Waals surface area contributed by atoms with Gasteiger partial charge in [0.05, 0.1) is 6.61 Å². The summed E-state index contributed by atoms with van der Waals surface area (Å²) in [7, 11) is 0. The molecule has 1 fully saturated rings. The van der Waals surface area contributed by atoms with Crippen LogP contribution in [0.5, 0.6) is 0 Å². The first-order valence-electron chi connectivity index (χ1n) is 4.45. The molecular formula is C9H13NO4. The Balaban J connectivity index is 2.44. The van der Waals surface area contributed by atoms with Crippen molar-refractivity contribution < 1.29 is 19.1 Å². The highest BCUT2D eigenvalue weighted by Crippen LogP contribution is 2.05. The standard InChI is InChI=1S/C9H13NO4/c1-3-13-8(11)5-4-7-9(12)14-6(2)10-7/h4-7,10H,3H2,1-2H3/b5-4+/t6-,7+/m1/s1. The molecular weight excluding hydrogens is 186 g/mol. The minimum absolute atomic E-state index is 0.306. The summed E-state index contributed by atoms with van der Waals surface area (Å²) in [5, 5.41) is 2.83. The molecule has 0 saturated carbocycles. The summed E-state index contributed by atoms with van der Waals surface area (Å²) in [6.07, 6.45) is 2.35. The Bertz CT molecular complexity index is 262.